The fourth-order valence-electron chi connectivity index (χ4n) is 5.80. The summed E-state index contributed by atoms with van der Waals surface area (Å²) in [5.74, 6) is 0.362. The zero-order valence-corrected chi connectivity index (χ0v) is 19.1. The van der Waals surface area contributed by atoms with Crippen LogP contribution < -0.4 is 51.4 Å². The van der Waals surface area contributed by atoms with Crippen LogP contribution in [-0.2, 0) is 24.2 Å². The number of rotatable bonds is 5. The van der Waals surface area contributed by atoms with Crippen molar-refractivity contribution in [3.05, 3.63) is 0 Å². The SMILES string of the molecule is O=C1[C@@H]2[C@H]3CC[C@H](C3)[C@@H]2C(=O)N1C[C@@H]1CCCC[C@H]1COS(=O)(=O)[O-].[K+]. The molecule has 2 amide bonds. The molecule has 3 aliphatic carbocycles. The molecule has 0 N–H and O–H groups in total. The average Bonchev–Trinajstić information content (AvgIpc) is 3.23. The quantitative estimate of drug-likeness (QED) is 0.232. The minimum atomic E-state index is -4.71. The van der Waals surface area contributed by atoms with E-state index >= 15 is 0 Å². The van der Waals surface area contributed by atoms with Crippen LogP contribution in [0.3, 0.4) is 0 Å². The summed E-state index contributed by atoms with van der Waals surface area (Å²) in [5.41, 5.74) is 0. The first kappa shape index (κ1) is 21.4. The Bertz CT molecular complexity index is 655. The van der Waals surface area contributed by atoms with Gasteiger partial charge in [0.15, 0.2) is 0 Å². The van der Waals surface area contributed by atoms with Gasteiger partial charge in [0.25, 0.3) is 0 Å². The Morgan fingerprint density at radius 3 is 2.04 bits per heavy atom. The second kappa shape index (κ2) is 8.18. The summed E-state index contributed by atoms with van der Waals surface area (Å²) in [4.78, 5) is 27.1. The zero-order chi connectivity index (χ0) is 17.8. The third-order valence-corrected chi connectivity index (χ3v) is 7.35. The van der Waals surface area contributed by atoms with Gasteiger partial charge < -0.3 is 4.55 Å². The van der Waals surface area contributed by atoms with Crippen LogP contribution >= 0.6 is 0 Å². The molecule has 4 fully saturated rings. The van der Waals surface area contributed by atoms with Crippen molar-refractivity contribution in [3.8, 4) is 0 Å². The number of hydrogen-bond donors (Lipinski definition) is 0. The summed E-state index contributed by atoms with van der Waals surface area (Å²) in [5, 5.41) is 0. The topological polar surface area (TPSA) is 104 Å². The number of carbonyl (C=O) groups is 2. The maximum absolute atomic E-state index is 12.8. The van der Waals surface area contributed by atoms with Crippen LogP contribution in [0.25, 0.3) is 0 Å². The van der Waals surface area contributed by atoms with E-state index in [1.165, 1.54) is 4.90 Å². The van der Waals surface area contributed by atoms with E-state index in [1.807, 2.05) is 0 Å². The van der Waals surface area contributed by atoms with E-state index in [0.717, 1.165) is 44.9 Å². The van der Waals surface area contributed by atoms with Gasteiger partial charge in [-0.25, -0.2) is 8.42 Å². The van der Waals surface area contributed by atoms with Gasteiger partial charge in [0.05, 0.1) is 18.4 Å². The van der Waals surface area contributed by atoms with Crippen LogP contribution in [0.5, 0.6) is 0 Å². The molecule has 3 saturated carbocycles. The van der Waals surface area contributed by atoms with Crippen LogP contribution in [0.15, 0.2) is 0 Å². The Hall–Kier alpha value is 0.646. The molecule has 0 radical (unpaired) electrons. The molecule has 26 heavy (non-hydrogen) atoms. The van der Waals surface area contributed by atoms with Crippen LogP contribution in [0.4, 0.5) is 0 Å². The summed E-state index contributed by atoms with van der Waals surface area (Å²) in [6.45, 7) is 0.196. The molecule has 7 nitrogen and oxygen atoms in total. The third kappa shape index (κ3) is 4.01. The van der Waals surface area contributed by atoms with Crippen LogP contribution in [0, 0.1) is 35.5 Å². The Morgan fingerprint density at radius 1 is 0.962 bits per heavy atom. The van der Waals surface area contributed by atoms with E-state index in [-0.39, 0.29) is 93.5 Å². The number of fused-ring (bicyclic) bond motifs is 5. The van der Waals surface area contributed by atoms with E-state index in [0.29, 0.717) is 18.4 Å². The summed E-state index contributed by atoms with van der Waals surface area (Å²) in [7, 11) is -4.71. The van der Waals surface area contributed by atoms with Crippen molar-refractivity contribution in [2.75, 3.05) is 13.2 Å². The number of nitrogens with zero attached hydrogens (tertiary/aromatic N) is 1. The monoisotopic (exact) mass is 409 g/mol. The van der Waals surface area contributed by atoms with Crippen molar-refractivity contribution >= 4 is 22.2 Å². The molecule has 0 aromatic carbocycles. The van der Waals surface area contributed by atoms with E-state index in [1.54, 1.807) is 0 Å². The van der Waals surface area contributed by atoms with Crippen molar-refractivity contribution in [2.24, 2.45) is 35.5 Å². The fraction of sp³-hybridized carbons (Fsp3) is 0.882. The smallest absolute Gasteiger partial charge is 0.726 e. The largest absolute Gasteiger partial charge is 1.00 e. The molecule has 1 saturated heterocycles. The summed E-state index contributed by atoms with van der Waals surface area (Å²) in [6, 6.07) is 0. The predicted octanol–water partition coefficient (Wildman–Crippen LogP) is -1.70. The zero-order valence-electron chi connectivity index (χ0n) is 15.1. The molecule has 0 aromatic heterocycles. The van der Waals surface area contributed by atoms with Gasteiger partial charge in [-0.3, -0.25) is 18.7 Å². The van der Waals surface area contributed by atoms with Crippen LogP contribution in [0.1, 0.15) is 44.9 Å². The number of hydrogen-bond acceptors (Lipinski definition) is 6. The van der Waals surface area contributed by atoms with Gasteiger partial charge in [-0.1, -0.05) is 12.8 Å². The molecule has 0 unspecified atom stereocenters. The Morgan fingerprint density at radius 2 is 1.50 bits per heavy atom. The minimum Gasteiger partial charge on any atom is -0.726 e. The first-order valence-electron chi connectivity index (χ1n) is 9.30. The molecule has 4 rings (SSSR count). The summed E-state index contributed by atoms with van der Waals surface area (Å²) < 4.78 is 36.7. The number of amides is 2. The van der Waals surface area contributed by atoms with E-state index in [9.17, 15) is 22.6 Å². The minimum absolute atomic E-state index is 0. The number of likely N-dealkylation sites (tertiary alicyclic amines) is 1. The van der Waals surface area contributed by atoms with Crippen LogP contribution in [0.2, 0.25) is 0 Å². The molecular weight excluding hydrogens is 385 g/mol. The van der Waals surface area contributed by atoms with Gasteiger partial charge in [0.2, 0.25) is 22.2 Å². The molecule has 2 bridgehead atoms. The van der Waals surface area contributed by atoms with E-state index in [2.05, 4.69) is 4.18 Å². The maximum Gasteiger partial charge on any atom is 1.00 e. The van der Waals surface area contributed by atoms with E-state index < -0.39 is 10.4 Å². The Kier molecular flexibility index (Phi) is 6.72. The third-order valence-electron chi connectivity index (χ3n) is 6.93. The first-order chi connectivity index (χ1) is 11.8. The first-order valence-corrected chi connectivity index (χ1v) is 10.6. The van der Waals surface area contributed by atoms with Gasteiger partial charge in [-0.15, -0.1) is 0 Å². The van der Waals surface area contributed by atoms with Crippen molar-refractivity contribution < 1.29 is 78.1 Å². The van der Waals surface area contributed by atoms with Gasteiger partial charge in [0.1, 0.15) is 0 Å². The normalized spacial score (nSPS) is 39.2. The van der Waals surface area contributed by atoms with Crippen LogP contribution in [-0.4, -0.2) is 42.8 Å². The Balaban J connectivity index is 0.00000196. The molecule has 4 aliphatic rings. The molecule has 6 atom stereocenters. The Labute approximate surface area is 197 Å². The van der Waals surface area contributed by atoms with Gasteiger partial charge in [0, 0.05) is 6.54 Å². The van der Waals surface area contributed by atoms with Gasteiger partial charge >= 0.3 is 51.4 Å². The number of carbonyl (C=O) groups excluding carboxylic acids is 2. The molecule has 0 spiro atoms. The molecular formula is C17H24KNO6S. The standard InChI is InChI=1S/C17H25NO6S.K/c19-16-14-10-5-6-11(7-10)15(14)17(20)18(16)8-12-3-1-2-4-13(12)9-24-25(21,22)23;/h10-15H,1-9H2,(H,21,22,23);/q;+1/p-1/t10-,11+,12-,13-,14+,15-;/m0./s1. The van der Waals surface area contributed by atoms with Crippen molar-refractivity contribution in [2.45, 2.75) is 44.9 Å². The molecule has 1 aliphatic heterocycles. The van der Waals surface area contributed by atoms with E-state index in [4.69, 9.17) is 0 Å². The predicted molar refractivity (Wildman–Crippen MR) is 85.6 cm³/mol. The second-order valence-corrected chi connectivity index (χ2v) is 9.22. The van der Waals surface area contributed by atoms with Gasteiger partial charge in [-0.05, 0) is 55.8 Å². The second-order valence-electron chi connectivity index (χ2n) is 8.17. The number of imide groups is 1. The van der Waals surface area contributed by atoms with Crippen molar-refractivity contribution in [1.29, 1.82) is 0 Å². The molecule has 0 aromatic rings. The molecule has 9 heteroatoms. The van der Waals surface area contributed by atoms with Gasteiger partial charge in [-0.2, -0.15) is 0 Å². The average molecular weight is 410 g/mol. The molecule has 140 valence electrons. The summed E-state index contributed by atoms with van der Waals surface area (Å²) in [6.07, 6.45) is 6.64. The van der Waals surface area contributed by atoms with Crippen molar-refractivity contribution in [1.82, 2.24) is 4.90 Å². The fourth-order valence-corrected chi connectivity index (χ4v) is 6.14. The van der Waals surface area contributed by atoms with Crippen molar-refractivity contribution in [3.63, 3.8) is 0 Å². The maximum atomic E-state index is 12.8. The summed E-state index contributed by atoms with van der Waals surface area (Å²) >= 11 is 0. The molecule has 1 heterocycles.